The zero-order chi connectivity index (χ0) is 13.8. The van der Waals surface area contributed by atoms with Crippen LogP contribution in [-0.2, 0) is 12.8 Å². The van der Waals surface area contributed by atoms with Crippen molar-refractivity contribution >= 4 is 5.82 Å². The van der Waals surface area contributed by atoms with Gasteiger partial charge in [0.1, 0.15) is 11.6 Å². The molecule has 0 atom stereocenters. The Hall–Kier alpha value is -1.89. The van der Waals surface area contributed by atoms with Gasteiger partial charge in [0.25, 0.3) is 0 Å². The quantitative estimate of drug-likeness (QED) is 0.780. The maximum atomic E-state index is 9.47. The third-order valence-electron chi connectivity index (χ3n) is 3.68. The second kappa shape index (κ2) is 5.83. The predicted molar refractivity (Wildman–Crippen MR) is 76.1 cm³/mol. The summed E-state index contributed by atoms with van der Waals surface area (Å²) in [6.45, 7) is 8.01. The summed E-state index contributed by atoms with van der Waals surface area (Å²) in [5.74, 6) is 0.750. The molecule has 4 heteroatoms. The predicted octanol–water partition coefficient (Wildman–Crippen LogP) is 2.63. The first-order valence-corrected chi connectivity index (χ1v) is 6.90. The molecule has 0 N–H and O–H groups in total. The monoisotopic (exact) mass is 256 g/mol. The van der Waals surface area contributed by atoms with Crippen molar-refractivity contribution in [2.24, 2.45) is 0 Å². The molecule has 1 aromatic rings. The topological polar surface area (TPSA) is 52.8 Å². The van der Waals surface area contributed by atoms with Gasteiger partial charge in [-0.05, 0) is 31.7 Å². The van der Waals surface area contributed by atoms with Crippen LogP contribution in [0.15, 0.2) is 11.6 Å². The Kier molecular flexibility index (Phi) is 4.16. The van der Waals surface area contributed by atoms with Crippen molar-refractivity contribution in [3.05, 3.63) is 28.5 Å². The highest BCUT2D eigenvalue weighted by atomic mass is 15.3. The fraction of sp³-hybridized carbons (Fsp3) is 0.533. The van der Waals surface area contributed by atoms with Crippen LogP contribution >= 0.6 is 0 Å². The highest BCUT2D eigenvalue weighted by Gasteiger charge is 2.20. The Morgan fingerprint density at radius 1 is 1.32 bits per heavy atom. The molecular formula is C15H20N4. The van der Waals surface area contributed by atoms with Crippen LogP contribution < -0.4 is 4.90 Å². The van der Waals surface area contributed by atoms with Crippen molar-refractivity contribution in [3.8, 4) is 6.07 Å². The number of hydrogen-bond acceptors (Lipinski definition) is 4. The Balaban J connectivity index is 2.44. The molecule has 0 fully saturated rings. The molecule has 0 saturated carbocycles. The van der Waals surface area contributed by atoms with Crippen LogP contribution in [0.5, 0.6) is 0 Å². The first-order chi connectivity index (χ1) is 9.21. The number of aryl methyl sites for hydroxylation is 1. The molecule has 0 radical (unpaired) electrons. The average Bonchev–Trinajstić information content (AvgIpc) is 2.46. The van der Waals surface area contributed by atoms with E-state index in [4.69, 9.17) is 0 Å². The first-order valence-electron chi connectivity index (χ1n) is 6.90. The Labute approximate surface area is 114 Å². The number of hydrogen-bond donors (Lipinski definition) is 0. The summed E-state index contributed by atoms with van der Waals surface area (Å²) < 4.78 is 0. The van der Waals surface area contributed by atoms with Crippen LogP contribution in [0.4, 0.5) is 5.82 Å². The highest BCUT2D eigenvalue weighted by molar-refractivity contribution is 5.58. The fourth-order valence-electron chi connectivity index (χ4n) is 2.46. The van der Waals surface area contributed by atoms with E-state index >= 15 is 0 Å². The van der Waals surface area contributed by atoms with Gasteiger partial charge in [-0.15, -0.1) is 5.10 Å². The van der Waals surface area contributed by atoms with E-state index in [0.29, 0.717) is 5.56 Å². The molecule has 2 rings (SSSR count). The van der Waals surface area contributed by atoms with E-state index in [1.807, 2.05) is 0 Å². The molecule has 0 spiro atoms. The normalized spacial score (nSPS) is 15.1. The lowest BCUT2D eigenvalue weighted by Crippen LogP contribution is -2.30. The van der Waals surface area contributed by atoms with Gasteiger partial charge in [0.2, 0.25) is 0 Å². The largest absolute Gasteiger partial charge is 0.350 e. The molecule has 0 unspecified atom stereocenters. The molecule has 1 aliphatic rings. The van der Waals surface area contributed by atoms with Gasteiger partial charge in [0.05, 0.1) is 5.69 Å². The minimum atomic E-state index is 0.710. The molecule has 0 amide bonds. The van der Waals surface area contributed by atoms with Gasteiger partial charge in [0, 0.05) is 13.1 Å². The number of nitrogens with zero attached hydrogens (tertiary/aromatic N) is 4. The lowest BCUT2D eigenvalue weighted by molar-refractivity contribution is 0.751. The minimum absolute atomic E-state index is 0.710. The standard InChI is InChI=1S/C15H20N4/c1-4-12-13(10-16)15(18-17-14(12)5-2)19-8-6-11(3)7-9-19/h6H,4-5,7-9H2,1-3H3. The molecule has 0 aliphatic carbocycles. The molecule has 100 valence electrons. The summed E-state index contributed by atoms with van der Waals surface area (Å²) in [7, 11) is 0. The first kappa shape index (κ1) is 13.5. The smallest absolute Gasteiger partial charge is 0.169 e. The molecular weight excluding hydrogens is 236 g/mol. The van der Waals surface area contributed by atoms with Crippen LogP contribution in [0, 0.1) is 11.3 Å². The molecule has 19 heavy (non-hydrogen) atoms. The lowest BCUT2D eigenvalue weighted by atomic mass is 10.0. The van der Waals surface area contributed by atoms with Crippen molar-refractivity contribution in [2.75, 3.05) is 18.0 Å². The van der Waals surface area contributed by atoms with Crippen molar-refractivity contribution in [2.45, 2.75) is 40.0 Å². The van der Waals surface area contributed by atoms with Crippen molar-refractivity contribution in [3.63, 3.8) is 0 Å². The summed E-state index contributed by atoms with van der Waals surface area (Å²) in [6, 6.07) is 2.33. The van der Waals surface area contributed by atoms with E-state index in [0.717, 1.165) is 49.4 Å². The van der Waals surface area contributed by atoms with Gasteiger partial charge in [-0.1, -0.05) is 25.5 Å². The van der Waals surface area contributed by atoms with Crippen molar-refractivity contribution < 1.29 is 0 Å². The SMILES string of the molecule is CCc1nnc(N2CC=C(C)CC2)c(C#N)c1CC. The third kappa shape index (κ3) is 2.60. The van der Waals surface area contributed by atoms with Crippen LogP contribution in [0.2, 0.25) is 0 Å². The molecule has 0 saturated heterocycles. The zero-order valence-electron chi connectivity index (χ0n) is 11.9. The zero-order valence-corrected chi connectivity index (χ0v) is 11.9. The van der Waals surface area contributed by atoms with E-state index in [-0.39, 0.29) is 0 Å². The van der Waals surface area contributed by atoms with Crippen LogP contribution in [0.1, 0.15) is 44.0 Å². The van der Waals surface area contributed by atoms with Crippen LogP contribution in [0.3, 0.4) is 0 Å². The second-order valence-corrected chi connectivity index (χ2v) is 4.89. The summed E-state index contributed by atoms with van der Waals surface area (Å²) >= 11 is 0. The van der Waals surface area contributed by atoms with Gasteiger partial charge in [-0.3, -0.25) is 0 Å². The molecule has 0 aromatic carbocycles. The Morgan fingerprint density at radius 3 is 2.63 bits per heavy atom. The molecule has 1 aromatic heterocycles. The van der Waals surface area contributed by atoms with Gasteiger partial charge in [-0.2, -0.15) is 10.4 Å². The van der Waals surface area contributed by atoms with E-state index in [1.165, 1.54) is 5.57 Å². The van der Waals surface area contributed by atoms with Crippen LogP contribution in [0.25, 0.3) is 0 Å². The molecule has 1 aliphatic heterocycles. The fourth-order valence-corrected chi connectivity index (χ4v) is 2.46. The maximum absolute atomic E-state index is 9.47. The number of aromatic nitrogens is 2. The Morgan fingerprint density at radius 2 is 2.11 bits per heavy atom. The van der Waals surface area contributed by atoms with Crippen molar-refractivity contribution in [1.82, 2.24) is 10.2 Å². The van der Waals surface area contributed by atoms with Crippen LogP contribution in [-0.4, -0.2) is 23.3 Å². The van der Waals surface area contributed by atoms with E-state index in [9.17, 15) is 5.26 Å². The second-order valence-electron chi connectivity index (χ2n) is 4.89. The highest BCUT2D eigenvalue weighted by Crippen LogP contribution is 2.25. The van der Waals surface area contributed by atoms with E-state index in [1.54, 1.807) is 0 Å². The van der Waals surface area contributed by atoms with E-state index < -0.39 is 0 Å². The summed E-state index contributed by atoms with van der Waals surface area (Å²) in [5.41, 5.74) is 4.12. The summed E-state index contributed by atoms with van der Waals surface area (Å²) in [6.07, 6.45) is 4.89. The Bertz CT molecular complexity index is 540. The number of nitriles is 1. The minimum Gasteiger partial charge on any atom is -0.350 e. The van der Waals surface area contributed by atoms with E-state index in [2.05, 4.69) is 48.0 Å². The molecule has 2 heterocycles. The third-order valence-corrected chi connectivity index (χ3v) is 3.68. The molecule has 4 nitrogen and oxygen atoms in total. The average molecular weight is 256 g/mol. The van der Waals surface area contributed by atoms with Gasteiger partial charge in [0.15, 0.2) is 5.82 Å². The molecule has 0 bridgehead atoms. The van der Waals surface area contributed by atoms with Crippen molar-refractivity contribution in [1.29, 1.82) is 5.26 Å². The number of anilines is 1. The van der Waals surface area contributed by atoms with Gasteiger partial charge in [-0.25, -0.2) is 0 Å². The maximum Gasteiger partial charge on any atom is 0.169 e. The van der Waals surface area contributed by atoms with Gasteiger partial charge >= 0.3 is 0 Å². The summed E-state index contributed by atoms with van der Waals surface area (Å²) in [5, 5.41) is 18.1. The van der Waals surface area contributed by atoms with Gasteiger partial charge < -0.3 is 4.90 Å². The number of rotatable bonds is 3. The lowest BCUT2D eigenvalue weighted by Gasteiger charge is -2.27. The summed E-state index contributed by atoms with van der Waals surface area (Å²) in [4.78, 5) is 2.15.